The van der Waals surface area contributed by atoms with E-state index in [0.29, 0.717) is 24.8 Å². The highest BCUT2D eigenvalue weighted by atomic mass is 32.2. The average molecular weight is 311 g/mol. The van der Waals surface area contributed by atoms with E-state index in [0.717, 1.165) is 17.7 Å². The summed E-state index contributed by atoms with van der Waals surface area (Å²) in [6.07, 6.45) is 2.07. The maximum atomic E-state index is 13.3. The second-order valence-electron chi connectivity index (χ2n) is 5.24. The summed E-state index contributed by atoms with van der Waals surface area (Å²) < 4.78 is 18.5. The van der Waals surface area contributed by atoms with Crippen molar-refractivity contribution in [2.24, 2.45) is 5.92 Å². The number of carbonyl (C=O) groups is 1. The summed E-state index contributed by atoms with van der Waals surface area (Å²) in [5.74, 6) is 0.445. The van der Waals surface area contributed by atoms with Crippen LogP contribution < -0.4 is 5.32 Å². The molecule has 1 aliphatic rings. The second kappa shape index (κ2) is 7.27. The first-order chi connectivity index (χ1) is 10.1. The molecule has 1 aromatic rings. The van der Waals surface area contributed by atoms with Gasteiger partial charge in [-0.2, -0.15) is 0 Å². The quantitative estimate of drug-likeness (QED) is 0.591. The molecule has 1 fully saturated rings. The summed E-state index contributed by atoms with van der Waals surface area (Å²) in [6.45, 7) is 4.90. The van der Waals surface area contributed by atoms with Gasteiger partial charge in [-0.3, -0.25) is 4.79 Å². The molecule has 116 valence electrons. The second-order valence-corrected chi connectivity index (χ2v) is 6.29. The summed E-state index contributed by atoms with van der Waals surface area (Å²) in [5, 5.41) is 3.34. The number of nitrogens with one attached hydrogen (secondary N) is 1. The summed E-state index contributed by atoms with van der Waals surface area (Å²) >= 11 is 1.50. The van der Waals surface area contributed by atoms with Crippen LogP contribution in [0.1, 0.15) is 26.7 Å². The molecule has 0 radical (unpaired) electrons. The van der Waals surface area contributed by atoms with Gasteiger partial charge in [-0.25, -0.2) is 4.39 Å². The number of thioether (sulfide) groups is 1. The highest BCUT2D eigenvalue weighted by molar-refractivity contribution is 7.99. The van der Waals surface area contributed by atoms with Crippen molar-refractivity contribution >= 4 is 17.7 Å². The zero-order valence-electron chi connectivity index (χ0n) is 12.5. The van der Waals surface area contributed by atoms with E-state index >= 15 is 0 Å². The van der Waals surface area contributed by atoms with Gasteiger partial charge in [0.05, 0.1) is 6.61 Å². The minimum absolute atomic E-state index is 0.182. The molecule has 0 saturated heterocycles. The van der Waals surface area contributed by atoms with Crippen LogP contribution in [0.5, 0.6) is 0 Å². The number of likely N-dealkylation sites (N-methyl/N-ethyl adjacent to an activating group) is 1. The highest BCUT2D eigenvalue weighted by Gasteiger charge is 2.51. The Labute approximate surface area is 129 Å². The fourth-order valence-electron chi connectivity index (χ4n) is 2.52. The number of hydrogen-bond donors (Lipinski definition) is 1. The van der Waals surface area contributed by atoms with E-state index in [-0.39, 0.29) is 11.8 Å². The van der Waals surface area contributed by atoms with Crippen molar-refractivity contribution in [1.29, 1.82) is 0 Å². The topological polar surface area (TPSA) is 38.3 Å². The van der Waals surface area contributed by atoms with Gasteiger partial charge in [0.25, 0.3) is 0 Å². The van der Waals surface area contributed by atoms with Crippen LogP contribution in [0.2, 0.25) is 0 Å². The van der Waals surface area contributed by atoms with Gasteiger partial charge in [-0.15, -0.1) is 11.8 Å². The number of hydrogen-bond acceptors (Lipinski definition) is 4. The van der Waals surface area contributed by atoms with E-state index in [2.05, 4.69) is 5.32 Å². The summed E-state index contributed by atoms with van der Waals surface area (Å²) in [5.41, 5.74) is -0.651. The summed E-state index contributed by atoms with van der Waals surface area (Å²) in [4.78, 5) is 13.3. The van der Waals surface area contributed by atoms with Crippen molar-refractivity contribution < 1.29 is 13.9 Å². The van der Waals surface area contributed by atoms with Crippen molar-refractivity contribution in [2.75, 3.05) is 18.9 Å². The molecule has 21 heavy (non-hydrogen) atoms. The Morgan fingerprint density at radius 2 is 2.24 bits per heavy atom. The molecule has 0 spiro atoms. The summed E-state index contributed by atoms with van der Waals surface area (Å²) in [7, 11) is 0. The van der Waals surface area contributed by atoms with Crippen LogP contribution in [0.25, 0.3) is 0 Å². The Bertz CT molecular complexity index is 493. The SMILES string of the molecule is CCNC(CSc1cccc(F)c1)(C(=O)OCC)C1CC1. The minimum atomic E-state index is -0.651. The van der Waals surface area contributed by atoms with Crippen molar-refractivity contribution in [3.8, 4) is 0 Å². The van der Waals surface area contributed by atoms with Gasteiger partial charge in [0, 0.05) is 10.6 Å². The Morgan fingerprint density at radius 3 is 2.81 bits per heavy atom. The van der Waals surface area contributed by atoms with Gasteiger partial charge in [0.2, 0.25) is 0 Å². The predicted octanol–water partition coefficient (Wildman–Crippen LogP) is 3.24. The lowest BCUT2D eigenvalue weighted by Crippen LogP contribution is -2.57. The van der Waals surface area contributed by atoms with Gasteiger partial charge < -0.3 is 10.1 Å². The monoisotopic (exact) mass is 311 g/mol. The number of rotatable bonds is 8. The third-order valence-corrected chi connectivity index (χ3v) is 4.86. The van der Waals surface area contributed by atoms with Gasteiger partial charge in [-0.05, 0) is 50.4 Å². The minimum Gasteiger partial charge on any atom is -0.465 e. The molecule has 1 aromatic carbocycles. The first-order valence-electron chi connectivity index (χ1n) is 7.43. The predicted molar refractivity (Wildman–Crippen MR) is 82.9 cm³/mol. The molecule has 1 aliphatic carbocycles. The van der Waals surface area contributed by atoms with Crippen LogP contribution in [0.4, 0.5) is 4.39 Å². The van der Waals surface area contributed by atoms with Crippen LogP contribution in [-0.4, -0.2) is 30.4 Å². The summed E-state index contributed by atoms with van der Waals surface area (Å²) in [6, 6.07) is 6.48. The zero-order chi connectivity index (χ0) is 15.3. The fourth-order valence-corrected chi connectivity index (χ4v) is 3.74. The normalized spacial score (nSPS) is 17.3. The Morgan fingerprint density at radius 1 is 1.48 bits per heavy atom. The number of benzene rings is 1. The molecular weight excluding hydrogens is 289 g/mol. The molecule has 3 nitrogen and oxygen atoms in total. The Hall–Kier alpha value is -1.07. The van der Waals surface area contributed by atoms with Crippen LogP contribution in [0.15, 0.2) is 29.2 Å². The van der Waals surface area contributed by atoms with Crippen molar-refractivity contribution in [3.05, 3.63) is 30.1 Å². The molecule has 0 aromatic heterocycles. The van der Waals surface area contributed by atoms with E-state index in [4.69, 9.17) is 4.74 Å². The Kier molecular flexibility index (Phi) is 5.65. The average Bonchev–Trinajstić information content (AvgIpc) is 3.29. The van der Waals surface area contributed by atoms with Crippen LogP contribution in [-0.2, 0) is 9.53 Å². The van der Waals surface area contributed by atoms with Crippen LogP contribution >= 0.6 is 11.8 Å². The van der Waals surface area contributed by atoms with E-state index in [1.165, 1.54) is 23.9 Å². The van der Waals surface area contributed by atoms with Crippen molar-refractivity contribution in [1.82, 2.24) is 5.32 Å². The molecule has 0 bridgehead atoms. The van der Waals surface area contributed by atoms with Crippen LogP contribution in [0, 0.1) is 11.7 Å². The van der Waals surface area contributed by atoms with Gasteiger partial charge in [0.1, 0.15) is 11.4 Å². The molecule has 1 saturated carbocycles. The highest BCUT2D eigenvalue weighted by Crippen LogP contribution is 2.43. The number of ether oxygens (including phenoxy) is 1. The standard InChI is InChI=1S/C16H22FNO2S/c1-3-18-16(12-8-9-12,15(19)20-4-2)11-21-14-7-5-6-13(17)10-14/h5-7,10,12,18H,3-4,8-9,11H2,1-2H3. The van der Waals surface area contributed by atoms with E-state index in [9.17, 15) is 9.18 Å². The Balaban J connectivity index is 2.13. The molecule has 1 unspecified atom stereocenters. The molecule has 0 aliphatic heterocycles. The lowest BCUT2D eigenvalue weighted by atomic mass is 9.95. The maximum absolute atomic E-state index is 13.3. The molecule has 1 N–H and O–H groups in total. The van der Waals surface area contributed by atoms with Crippen molar-refractivity contribution in [3.63, 3.8) is 0 Å². The van der Waals surface area contributed by atoms with Crippen LogP contribution in [0.3, 0.4) is 0 Å². The maximum Gasteiger partial charge on any atom is 0.327 e. The lowest BCUT2D eigenvalue weighted by Gasteiger charge is -2.32. The van der Waals surface area contributed by atoms with Crippen molar-refractivity contribution in [2.45, 2.75) is 37.1 Å². The van der Waals surface area contributed by atoms with E-state index < -0.39 is 5.54 Å². The smallest absolute Gasteiger partial charge is 0.327 e. The molecule has 0 heterocycles. The number of esters is 1. The number of carbonyl (C=O) groups excluding carboxylic acids is 1. The van der Waals surface area contributed by atoms with E-state index in [1.54, 1.807) is 6.07 Å². The first-order valence-corrected chi connectivity index (χ1v) is 8.41. The molecule has 2 rings (SSSR count). The third kappa shape index (κ3) is 3.98. The number of halogens is 1. The molecule has 1 atom stereocenters. The largest absolute Gasteiger partial charge is 0.465 e. The fraction of sp³-hybridized carbons (Fsp3) is 0.562. The molecule has 5 heteroatoms. The first kappa shape index (κ1) is 16.3. The van der Waals surface area contributed by atoms with E-state index in [1.807, 2.05) is 19.9 Å². The van der Waals surface area contributed by atoms with Gasteiger partial charge in [0.15, 0.2) is 0 Å². The lowest BCUT2D eigenvalue weighted by molar-refractivity contribution is -0.151. The van der Waals surface area contributed by atoms with Gasteiger partial charge >= 0.3 is 5.97 Å². The third-order valence-electron chi connectivity index (χ3n) is 3.67. The molecule has 0 amide bonds. The molecular formula is C16H22FNO2S. The zero-order valence-corrected chi connectivity index (χ0v) is 13.3. The van der Waals surface area contributed by atoms with Gasteiger partial charge in [-0.1, -0.05) is 13.0 Å².